The van der Waals surface area contributed by atoms with Gasteiger partial charge in [-0.25, -0.2) is 4.39 Å². The smallest absolute Gasteiger partial charge is 0.201 e. The summed E-state index contributed by atoms with van der Waals surface area (Å²) in [7, 11) is 0. The highest BCUT2D eigenvalue weighted by atomic mass is 19.2. The van der Waals surface area contributed by atoms with Crippen molar-refractivity contribution in [1.82, 2.24) is 0 Å². The van der Waals surface area contributed by atoms with Gasteiger partial charge in [-0.05, 0) is 65.4 Å². The maximum Gasteiger partial charge on any atom is 0.201 e. The third kappa shape index (κ3) is 7.00. The van der Waals surface area contributed by atoms with Crippen LogP contribution in [0.15, 0.2) is 84.9 Å². The molecule has 0 spiro atoms. The molecule has 0 aromatic heterocycles. The van der Waals surface area contributed by atoms with Crippen LogP contribution < -0.4 is 9.47 Å². The molecule has 0 N–H and O–H groups in total. The van der Waals surface area contributed by atoms with E-state index in [2.05, 4.69) is 31.2 Å². The normalized spacial score (nSPS) is 10.9. The Kier molecular flexibility index (Phi) is 9.91. The van der Waals surface area contributed by atoms with Crippen LogP contribution in [-0.2, 0) is 0 Å². The molecular weight excluding hydrogens is 478 g/mol. The third-order valence-corrected chi connectivity index (χ3v) is 6.72. The van der Waals surface area contributed by atoms with Gasteiger partial charge in [0.2, 0.25) is 5.82 Å². The first-order chi connectivity index (χ1) is 18.6. The van der Waals surface area contributed by atoms with Gasteiger partial charge in [-0.15, -0.1) is 0 Å². The van der Waals surface area contributed by atoms with Crippen LogP contribution in [0.3, 0.4) is 0 Å². The van der Waals surface area contributed by atoms with Gasteiger partial charge in [-0.3, -0.25) is 0 Å². The van der Waals surface area contributed by atoms with Crippen molar-refractivity contribution in [3.8, 4) is 44.9 Å². The van der Waals surface area contributed by atoms with Gasteiger partial charge in [0, 0.05) is 5.56 Å². The maximum absolute atomic E-state index is 14.9. The lowest BCUT2D eigenvalue weighted by atomic mass is 9.98. The molecule has 4 aromatic rings. The standard InChI is InChI=1S/C34H36F2O2/c1-3-5-6-7-8-9-24-38-32-23-22-31(33(35)34(32)36)29-16-14-27(15-17-29)25-10-12-26(13-11-25)28-18-20-30(21-19-28)37-4-2/h10-23H,3-9,24H2,1-2H3. The summed E-state index contributed by atoms with van der Waals surface area (Å²) >= 11 is 0. The van der Waals surface area contributed by atoms with Crippen molar-refractivity contribution in [3.05, 3.63) is 96.6 Å². The fourth-order valence-corrected chi connectivity index (χ4v) is 4.54. The molecule has 4 rings (SSSR count). The topological polar surface area (TPSA) is 18.5 Å². The van der Waals surface area contributed by atoms with Crippen molar-refractivity contribution in [2.75, 3.05) is 13.2 Å². The van der Waals surface area contributed by atoms with Gasteiger partial charge >= 0.3 is 0 Å². The van der Waals surface area contributed by atoms with Crippen molar-refractivity contribution >= 4 is 0 Å². The van der Waals surface area contributed by atoms with Crippen molar-refractivity contribution in [1.29, 1.82) is 0 Å². The van der Waals surface area contributed by atoms with E-state index in [0.717, 1.165) is 47.3 Å². The highest BCUT2D eigenvalue weighted by Crippen LogP contribution is 2.32. The average Bonchev–Trinajstić information content (AvgIpc) is 2.96. The lowest BCUT2D eigenvalue weighted by molar-refractivity contribution is 0.285. The molecule has 0 aliphatic rings. The summed E-state index contributed by atoms with van der Waals surface area (Å²) in [6.07, 6.45) is 6.68. The molecule has 38 heavy (non-hydrogen) atoms. The summed E-state index contributed by atoms with van der Waals surface area (Å²) in [6, 6.07) is 27.0. The third-order valence-electron chi connectivity index (χ3n) is 6.72. The Hall–Kier alpha value is -3.66. The Morgan fingerprint density at radius 3 is 1.55 bits per heavy atom. The Labute approximate surface area is 225 Å². The van der Waals surface area contributed by atoms with Crippen LogP contribution in [0.4, 0.5) is 8.78 Å². The minimum atomic E-state index is -0.928. The molecule has 2 nitrogen and oxygen atoms in total. The van der Waals surface area contributed by atoms with Crippen LogP contribution >= 0.6 is 0 Å². The number of unbranched alkanes of at least 4 members (excludes halogenated alkanes) is 5. The zero-order valence-electron chi connectivity index (χ0n) is 22.3. The second kappa shape index (κ2) is 13.8. The Balaban J connectivity index is 1.39. The number of benzene rings is 4. The molecule has 0 saturated heterocycles. The van der Waals surface area contributed by atoms with Gasteiger partial charge in [0.05, 0.1) is 13.2 Å². The van der Waals surface area contributed by atoms with Gasteiger partial charge in [-0.1, -0.05) is 99.7 Å². The monoisotopic (exact) mass is 514 g/mol. The van der Waals surface area contributed by atoms with Crippen LogP contribution in [0.2, 0.25) is 0 Å². The molecule has 0 heterocycles. The van der Waals surface area contributed by atoms with Crippen LogP contribution in [0.25, 0.3) is 33.4 Å². The highest BCUT2D eigenvalue weighted by molar-refractivity contribution is 5.73. The predicted molar refractivity (Wildman–Crippen MR) is 153 cm³/mol. The van der Waals surface area contributed by atoms with Crippen molar-refractivity contribution in [3.63, 3.8) is 0 Å². The molecule has 0 amide bonds. The van der Waals surface area contributed by atoms with E-state index >= 15 is 0 Å². The molecule has 0 radical (unpaired) electrons. The van der Waals surface area contributed by atoms with Gasteiger partial charge in [0.1, 0.15) is 5.75 Å². The fraction of sp³-hybridized carbons (Fsp3) is 0.294. The average molecular weight is 515 g/mol. The van der Waals surface area contributed by atoms with E-state index in [-0.39, 0.29) is 11.3 Å². The molecule has 0 saturated carbocycles. The minimum absolute atomic E-state index is 0.0240. The van der Waals surface area contributed by atoms with Crippen LogP contribution in [0, 0.1) is 11.6 Å². The highest BCUT2D eigenvalue weighted by Gasteiger charge is 2.16. The van der Waals surface area contributed by atoms with Crippen molar-refractivity contribution < 1.29 is 18.3 Å². The Morgan fingerprint density at radius 2 is 1.00 bits per heavy atom. The number of hydrogen-bond acceptors (Lipinski definition) is 2. The first-order valence-corrected chi connectivity index (χ1v) is 13.7. The quantitative estimate of drug-likeness (QED) is 0.165. The van der Waals surface area contributed by atoms with Gasteiger partial charge in [0.25, 0.3) is 0 Å². The second-order valence-corrected chi connectivity index (χ2v) is 9.47. The van der Waals surface area contributed by atoms with Crippen LogP contribution in [-0.4, -0.2) is 13.2 Å². The Bertz CT molecular complexity index is 1280. The minimum Gasteiger partial charge on any atom is -0.494 e. The second-order valence-electron chi connectivity index (χ2n) is 9.47. The number of hydrogen-bond donors (Lipinski definition) is 0. The van der Waals surface area contributed by atoms with Crippen molar-refractivity contribution in [2.24, 2.45) is 0 Å². The van der Waals surface area contributed by atoms with E-state index in [1.165, 1.54) is 25.3 Å². The molecule has 0 aliphatic carbocycles. The summed E-state index contributed by atoms with van der Waals surface area (Å²) < 4.78 is 40.6. The molecule has 4 aromatic carbocycles. The first kappa shape index (κ1) is 27.4. The van der Waals surface area contributed by atoms with Crippen molar-refractivity contribution in [2.45, 2.75) is 52.4 Å². The molecule has 0 unspecified atom stereocenters. The van der Waals surface area contributed by atoms with E-state index in [4.69, 9.17) is 9.47 Å². The van der Waals surface area contributed by atoms with Crippen LogP contribution in [0.1, 0.15) is 52.4 Å². The van der Waals surface area contributed by atoms with E-state index in [9.17, 15) is 8.78 Å². The van der Waals surface area contributed by atoms with E-state index in [1.807, 2.05) is 55.5 Å². The fourth-order valence-electron chi connectivity index (χ4n) is 4.54. The van der Waals surface area contributed by atoms with Gasteiger partial charge in [-0.2, -0.15) is 4.39 Å². The van der Waals surface area contributed by atoms with E-state index in [1.54, 1.807) is 6.07 Å². The largest absolute Gasteiger partial charge is 0.494 e. The molecule has 4 heteroatoms. The summed E-state index contributed by atoms with van der Waals surface area (Å²) in [6.45, 7) is 5.20. The first-order valence-electron chi connectivity index (χ1n) is 13.7. The molecule has 198 valence electrons. The summed E-state index contributed by atoms with van der Waals surface area (Å²) in [4.78, 5) is 0. The lowest BCUT2D eigenvalue weighted by Crippen LogP contribution is -2.01. The number of ether oxygens (including phenoxy) is 2. The zero-order chi connectivity index (χ0) is 26.7. The number of halogens is 2. The van der Waals surface area contributed by atoms with Gasteiger partial charge in [0.15, 0.2) is 11.6 Å². The molecule has 0 bridgehead atoms. The van der Waals surface area contributed by atoms with Crippen LogP contribution in [0.5, 0.6) is 11.5 Å². The summed E-state index contributed by atoms with van der Waals surface area (Å²) in [5.41, 5.74) is 5.14. The molecular formula is C34H36F2O2. The molecule has 0 aliphatic heterocycles. The molecule has 0 atom stereocenters. The summed E-state index contributed by atoms with van der Waals surface area (Å²) in [5.74, 6) is -0.969. The Morgan fingerprint density at radius 1 is 0.500 bits per heavy atom. The van der Waals surface area contributed by atoms with E-state index < -0.39 is 11.6 Å². The summed E-state index contributed by atoms with van der Waals surface area (Å²) in [5, 5.41) is 0. The SMILES string of the molecule is CCCCCCCCOc1ccc(-c2ccc(-c3ccc(-c4ccc(OCC)cc4)cc3)cc2)c(F)c1F. The van der Waals surface area contributed by atoms with Gasteiger partial charge < -0.3 is 9.47 Å². The number of rotatable bonds is 13. The maximum atomic E-state index is 14.9. The predicted octanol–water partition coefficient (Wildman–Crippen LogP) is 10.1. The van der Waals surface area contributed by atoms with E-state index in [0.29, 0.717) is 18.8 Å². The molecule has 0 fully saturated rings. The lowest BCUT2D eigenvalue weighted by Gasteiger charge is -2.11. The zero-order valence-corrected chi connectivity index (χ0v) is 22.3.